The predicted octanol–water partition coefficient (Wildman–Crippen LogP) is -0.0138. The standard InChI is InChI=1S/C14H18FN6O8P/c1-3-27-12(24)7(2)18-30(26)28-6-14(19-20-16)10(15)9(23)11(29-14)21-5-4-8(22)17-13(21)25/h4-5,7,9-11,23H,3,6H2,1-2H3,(H-,17,18,22,25,26)/p+1/t7-,9+,10-,11-,14+/m0/s1. The van der Waals surface area contributed by atoms with Gasteiger partial charge in [-0.05, 0) is 23.9 Å². The molecule has 16 heteroatoms. The normalized spacial score (nSPS) is 27.2. The zero-order valence-corrected chi connectivity index (χ0v) is 16.7. The van der Waals surface area contributed by atoms with Crippen LogP contribution in [0.2, 0.25) is 0 Å². The third kappa shape index (κ3) is 5.08. The highest BCUT2D eigenvalue weighted by molar-refractivity contribution is 7.36. The zero-order chi connectivity index (χ0) is 22.5. The second-order valence-electron chi connectivity index (χ2n) is 6.09. The molecule has 0 bridgehead atoms. The third-order valence-electron chi connectivity index (χ3n) is 4.01. The molecule has 6 atom stereocenters. The van der Waals surface area contributed by atoms with Gasteiger partial charge >= 0.3 is 19.8 Å². The lowest BCUT2D eigenvalue weighted by molar-refractivity contribution is -0.144. The number of H-pyrrole nitrogens is 1. The van der Waals surface area contributed by atoms with E-state index in [4.69, 9.17) is 19.5 Å². The van der Waals surface area contributed by atoms with Gasteiger partial charge in [0, 0.05) is 17.2 Å². The van der Waals surface area contributed by atoms with Gasteiger partial charge in [-0.1, -0.05) is 10.2 Å². The Morgan fingerprint density at radius 3 is 2.93 bits per heavy atom. The van der Waals surface area contributed by atoms with E-state index in [1.54, 1.807) is 6.92 Å². The molecule has 2 heterocycles. The number of alkyl halides is 1. The minimum atomic E-state index is -2.76. The SMILES string of the molecule is CCOC(=O)[C@H](C)N[P+](=O)OC[C@@]1(N=[N+]=[N-])O[C@H](n2ccc(=O)[nH]c2=O)[C@H](O)[C@@H]1F. The second kappa shape index (κ2) is 9.89. The lowest BCUT2D eigenvalue weighted by Crippen LogP contribution is -2.42. The number of aromatic nitrogens is 2. The maximum atomic E-state index is 14.8. The Bertz CT molecular complexity index is 964. The minimum Gasteiger partial charge on any atom is -0.465 e. The van der Waals surface area contributed by atoms with E-state index in [1.807, 2.05) is 4.98 Å². The molecule has 1 aliphatic rings. The molecule has 0 radical (unpaired) electrons. The number of nitrogens with one attached hydrogen (secondary N) is 2. The van der Waals surface area contributed by atoms with Crippen molar-refractivity contribution < 1.29 is 32.9 Å². The molecule has 1 aliphatic heterocycles. The fraction of sp³-hybridized carbons (Fsp3) is 0.643. The van der Waals surface area contributed by atoms with Crippen LogP contribution in [0, 0.1) is 0 Å². The van der Waals surface area contributed by atoms with Crippen molar-refractivity contribution in [3.63, 3.8) is 0 Å². The van der Waals surface area contributed by atoms with Crippen molar-refractivity contribution in [1.82, 2.24) is 14.6 Å². The average Bonchev–Trinajstić information content (AvgIpc) is 2.92. The number of halogens is 1. The maximum absolute atomic E-state index is 14.8. The van der Waals surface area contributed by atoms with Gasteiger partial charge in [0.15, 0.2) is 12.4 Å². The summed E-state index contributed by atoms with van der Waals surface area (Å²) in [4.78, 5) is 39.0. The number of hydrogen-bond acceptors (Lipinski definition) is 9. The van der Waals surface area contributed by atoms with Crippen LogP contribution >= 0.6 is 8.18 Å². The smallest absolute Gasteiger partial charge is 0.465 e. The predicted molar refractivity (Wildman–Crippen MR) is 97.0 cm³/mol. The molecule has 0 amide bonds. The molecule has 3 N–H and O–H groups in total. The van der Waals surface area contributed by atoms with Crippen molar-refractivity contribution in [3.05, 3.63) is 43.5 Å². The highest BCUT2D eigenvalue weighted by atomic mass is 31.1. The molecule has 0 spiro atoms. The molecule has 0 saturated carbocycles. The van der Waals surface area contributed by atoms with Gasteiger partial charge in [-0.15, -0.1) is 4.52 Å². The quantitative estimate of drug-likeness (QED) is 0.152. The number of azide groups is 1. The third-order valence-corrected chi connectivity index (χ3v) is 4.98. The Kier molecular flexibility index (Phi) is 7.78. The van der Waals surface area contributed by atoms with Crippen molar-refractivity contribution in [1.29, 1.82) is 0 Å². The Morgan fingerprint density at radius 2 is 2.33 bits per heavy atom. The number of carbonyl (C=O) groups excluding carboxylic acids is 1. The minimum absolute atomic E-state index is 0.100. The van der Waals surface area contributed by atoms with Crippen LogP contribution in [0.4, 0.5) is 4.39 Å². The molecule has 0 aromatic carbocycles. The first-order valence-electron chi connectivity index (χ1n) is 8.56. The largest absolute Gasteiger partial charge is 0.613 e. The summed E-state index contributed by atoms with van der Waals surface area (Å²) in [5.41, 5.74) is 4.58. The number of rotatable bonds is 9. The molecule has 1 fully saturated rings. The molecule has 14 nitrogen and oxygen atoms in total. The van der Waals surface area contributed by atoms with Crippen molar-refractivity contribution in [2.45, 2.75) is 44.1 Å². The molecular weight excluding hydrogens is 430 g/mol. The van der Waals surface area contributed by atoms with Gasteiger partial charge in [0.1, 0.15) is 18.8 Å². The van der Waals surface area contributed by atoms with Crippen LogP contribution in [0.25, 0.3) is 10.4 Å². The van der Waals surface area contributed by atoms with E-state index in [1.165, 1.54) is 6.92 Å². The Balaban J connectivity index is 2.17. The first kappa shape index (κ1) is 23.6. The molecule has 0 aliphatic carbocycles. The summed E-state index contributed by atoms with van der Waals surface area (Å²) in [6.45, 7) is 2.11. The van der Waals surface area contributed by atoms with Gasteiger partial charge in [-0.25, -0.2) is 9.18 Å². The summed E-state index contributed by atoms with van der Waals surface area (Å²) in [5, 5.41) is 15.6. The molecule has 30 heavy (non-hydrogen) atoms. The Morgan fingerprint density at radius 1 is 1.63 bits per heavy atom. The number of aliphatic hydroxyl groups is 1. The molecule has 1 aromatic rings. The van der Waals surface area contributed by atoms with Crippen LogP contribution in [-0.2, 0) is 23.4 Å². The van der Waals surface area contributed by atoms with Crippen LogP contribution in [0.3, 0.4) is 0 Å². The number of nitrogens with zero attached hydrogens (tertiary/aromatic N) is 4. The molecular formula is C14H19FN6O8P+. The van der Waals surface area contributed by atoms with Crippen LogP contribution in [-0.4, -0.2) is 57.9 Å². The van der Waals surface area contributed by atoms with E-state index < -0.39 is 62.3 Å². The highest BCUT2D eigenvalue weighted by Crippen LogP contribution is 2.41. The van der Waals surface area contributed by atoms with Gasteiger partial charge in [-0.2, -0.15) is 0 Å². The highest BCUT2D eigenvalue weighted by Gasteiger charge is 2.58. The molecule has 1 unspecified atom stereocenters. The van der Waals surface area contributed by atoms with Gasteiger partial charge < -0.3 is 14.6 Å². The zero-order valence-electron chi connectivity index (χ0n) is 15.8. The van der Waals surface area contributed by atoms with Crippen molar-refractivity contribution >= 4 is 14.1 Å². The number of hydrogen-bond donors (Lipinski definition) is 3. The summed E-state index contributed by atoms with van der Waals surface area (Å²) >= 11 is 0. The summed E-state index contributed by atoms with van der Waals surface area (Å²) in [7, 11) is -2.76. The fourth-order valence-electron chi connectivity index (χ4n) is 2.57. The van der Waals surface area contributed by atoms with E-state index in [2.05, 4.69) is 15.1 Å². The molecule has 164 valence electrons. The topological polar surface area (TPSA) is 198 Å². The Hall–Kier alpha value is -2.67. The van der Waals surface area contributed by atoms with Crippen molar-refractivity contribution in [3.8, 4) is 0 Å². The lowest BCUT2D eigenvalue weighted by atomic mass is 10.1. The second-order valence-corrected chi connectivity index (χ2v) is 7.12. The fourth-order valence-corrected chi connectivity index (χ4v) is 3.37. The summed E-state index contributed by atoms with van der Waals surface area (Å²) in [6, 6.07) is -0.0838. The van der Waals surface area contributed by atoms with Gasteiger partial charge in [0.05, 0.1) is 6.61 Å². The maximum Gasteiger partial charge on any atom is 0.613 e. The molecule has 2 rings (SSSR count). The summed E-state index contributed by atoms with van der Waals surface area (Å²) in [5.74, 6) is -0.706. The first-order valence-corrected chi connectivity index (χ1v) is 9.73. The molecule has 1 aromatic heterocycles. The lowest BCUT2D eigenvalue weighted by Gasteiger charge is -2.22. The summed E-state index contributed by atoms with van der Waals surface area (Å²) in [6.07, 6.45) is -5.10. The van der Waals surface area contributed by atoms with E-state index >= 15 is 0 Å². The van der Waals surface area contributed by atoms with Crippen LogP contribution in [0.5, 0.6) is 0 Å². The number of esters is 1. The monoisotopic (exact) mass is 449 g/mol. The van der Waals surface area contributed by atoms with E-state index in [0.29, 0.717) is 4.57 Å². The van der Waals surface area contributed by atoms with Gasteiger partial charge in [-0.3, -0.25) is 19.1 Å². The first-order chi connectivity index (χ1) is 14.1. The summed E-state index contributed by atoms with van der Waals surface area (Å²) < 4.78 is 42.5. The Labute approximate surface area is 168 Å². The van der Waals surface area contributed by atoms with Crippen LogP contribution in [0.1, 0.15) is 20.1 Å². The van der Waals surface area contributed by atoms with E-state index in [-0.39, 0.29) is 6.61 Å². The van der Waals surface area contributed by atoms with Crippen LogP contribution < -0.4 is 16.3 Å². The number of carbonyl (C=O) groups is 1. The van der Waals surface area contributed by atoms with Gasteiger partial charge in [0.25, 0.3) is 5.56 Å². The number of aliphatic hydroxyl groups excluding tert-OH is 1. The van der Waals surface area contributed by atoms with Crippen molar-refractivity contribution in [2.24, 2.45) is 5.11 Å². The number of aromatic amines is 1. The average molecular weight is 449 g/mol. The number of ether oxygens (including phenoxy) is 2. The van der Waals surface area contributed by atoms with E-state index in [9.17, 15) is 28.4 Å². The molecule has 1 saturated heterocycles. The van der Waals surface area contributed by atoms with Gasteiger partial charge in [0.2, 0.25) is 5.72 Å². The van der Waals surface area contributed by atoms with Crippen LogP contribution in [0.15, 0.2) is 27.0 Å². The van der Waals surface area contributed by atoms with E-state index in [0.717, 1.165) is 12.3 Å². The van der Waals surface area contributed by atoms with Crippen molar-refractivity contribution in [2.75, 3.05) is 13.2 Å².